The number of anilines is 1. The number of hydrogen-bond donors (Lipinski definition) is 2. The third kappa shape index (κ3) is 3.10. The number of hydrogen-bond acceptors (Lipinski definition) is 4. The van der Waals surface area contributed by atoms with E-state index in [1.165, 1.54) is 0 Å². The summed E-state index contributed by atoms with van der Waals surface area (Å²) in [5, 5.41) is 10.4. The summed E-state index contributed by atoms with van der Waals surface area (Å²) in [7, 11) is 3.48. The van der Waals surface area contributed by atoms with Gasteiger partial charge in [-0.15, -0.1) is 0 Å². The fourth-order valence-corrected chi connectivity index (χ4v) is 3.15. The molecule has 2 fully saturated rings. The molecule has 2 heterocycles. The maximum Gasteiger partial charge on any atom is 0.320 e. The monoisotopic (exact) mass is 308 g/mol. The molecule has 7 heteroatoms. The van der Waals surface area contributed by atoms with Gasteiger partial charge in [-0.05, 0) is 32.1 Å². The minimum absolute atomic E-state index is 0.0521. The number of nitrogens with one attached hydrogen (secondary N) is 2. The van der Waals surface area contributed by atoms with Gasteiger partial charge in [0.2, 0.25) is 0 Å². The van der Waals surface area contributed by atoms with Crippen LogP contribution in [-0.2, 0) is 16.5 Å². The van der Waals surface area contributed by atoms with Crippen molar-refractivity contribution in [3.63, 3.8) is 0 Å². The normalized spacial score (nSPS) is 23.1. The first-order valence-electron chi connectivity index (χ1n) is 7.85. The summed E-state index contributed by atoms with van der Waals surface area (Å²) in [5.74, 6) is 0.676. The summed E-state index contributed by atoms with van der Waals surface area (Å²) < 4.78 is 12.5. The number of aromatic nitrogens is 2. The molecule has 0 bridgehead atoms. The van der Waals surface area contributed by atoms with Crippen LogP contribution in [0.2, 0.25) is 0 Å². The molecule has 0 aromatic carbocycles. The number of carbonyl (C=O) groups is 1. The molecule has 1 saturated carbocycles. The van der Waals surface area contributed by atoms with Gasteiger partial charge in [-0.25, -0.2) is 4.79 Å². The van der Waals surface area contributed by atoms with Crippen molar-refractivity contribution < 1.29 is 14.3 Å². The Morgan fingerprint density at radius 1 is 1.55 bits per heavy atom. The molecule has 1 aromatic heterocycles. The first kappa shape index (κ1) is 15.3. The molecule has 2 amide bonds. The van der Waals surface area contributed by atoms with Crippen LogP contribution in [0.5, 0.6) is 0 Å². The third-order valence-corrected chi connectivity index (χ3v) is 4.51. The van der Waals surface area contributed by atoms with Crippen LogP contribution in [0, 0.1) is 0 Å². The van der Waals surface area contributed by atoms with Gasteiger partial charge in [-0.3, -0.25) is 10.00 Å². The van der Waals surface area contributed by atoms with E-state index >= 15 is 0 Å². The lowest BCUT2D eigenvalue weighted by Crippen LogP contribution is -2.57. The first-order chi connectivity index (χ1) is 10.6. The fraction of sp³-hybridized carbons (Fsp3) is 0.733. The highest BCUT2D eigenvalue weighted by atomic mass is 16.5. The average molecular weight is 308 g/mol. The van der Waals surface area contributed by atoms with E-state index in [0.29, 0.717) is 12.4 Å². The van der Waals surface area contributed by atoms with E-state index in [2.05, 4.69) is 15.7 Å². The maximum atomic E-state index is 12.2. The summed E-state index contributed by atoms with van der Waals surface area (Å²) in [6, 6.07) is 1.68. The Hall–Kier alpha value is -1.60. The van der Waals surface area contributed by atoms with Crippen molar-refractivity contribution in [3.8, 4) is 0 Å². The molecule has 1 aromatic rings. The Morgan fingerprint density at radius 3 is 2.95 bits per heavy atom. The molecule has 3 rings (SSSR count). The van der Waals surface area contributed by atoms with Gasteiger partial charge in [0.15, 0.2) is 0 Å². The van der Waals surface area contributed by atoms with Crippen LogP contribution in [0.15, 0.2) is 6.07 Å². The molecule has 7 nitrogen and oxygen atoms in total. The van der Waals surface area contributed by atoms with Gasteiger partial charge in [0.1, 0.15) is 11.9 Å². The Labute approximate surface area is 130 Å². The summed E-state index contributed by atoms with van der Waals surface area (Å²) in [5.41, 5.74) is 0.667. The van der Waals surface area contributed by atoms with Crippen LogP contribution in [0.3, 0.4) is 0 Å². The maximum absolute atomic E-state index is 12.2. The van der Waals surface area contributed by atoms with Crippen molar-refractivity contribution in [2.45, 2.75) is 43.7 Å². The Kier molecular flexibility index (Phi) is 4.35. The van der Waals surface area contributed by atoms with Gasteiger partial charge in [0.25, 0.3) is 0 Å². The van der Waals surface area contributed by atoms with E-state index in [1.54, 1.807) is 11.8 Å². The van der Waals surface area contributed by atoms with E-state index < -0.39 is 0 Å². The molecule has 1 atom stereocenters. The molecule has 2 N–H and O–H groups in total. The first-order valence-corrected chi connectivity index (χ1v) is 7.85. The number of urea groups is 1. The van der Waals surface area contributed by atoms with Gasteiger partial charge in [-0.2, -0.15) is 5.10 Å². The number of nitrogens with zero attached hydrogens (tertiary/aromatic N) is 2. The second-order valence-corrected chi connectivity index (χ2v) is 6.23. The van der Waals surface area contributed by atoms with Gasteiger partial charge < -0.3 is 14.8 Å². The lowest BCUT2D eigenvalue weighted by molar-refractivity contribution is 0.0648. The SMILES string of the molecule is COCC1(NC(=O)Nc2cc(C3CCCO3)nn2C)CCC1. The highest BCUT2D eigenvalue weighted by Crippen LogP contribution is 2.32. The van der Waals surface area contributed by atoms with E-state index in [1.807, 2.05) is 13.1 Å². The summed E-state index contributed by atoms with van der Waals surface area (Å²) >= 11 is 0. The Morgan fingerprint density at radius 2 is 2.36 bits per heavy atom. The second kappa shape index (κ2) is 6.26. The average Bonchev–Trinajstić information content (AvgIpc) is 3.07. The number of carbonyl (C=O) groups excluding carboxylic acids is 1. The molecule has 1 aliphatic carbocycles. The molecular formula is C15H24N4O3. The molecule has 2 aliphatic rings. The van der Waals surface area contributed by atoms with Crippen molar-refractivity contribution >= 4 is 11.8 Å². The van der Waals surface area contributed by atoms with Crippen LogP contribution in [-0.4, -0.2) is 41.7 Å². The molecule has 0 radical (unpaired) electrons. The quantitative estimate of drug-likeness (QED) is 0.872. The minimum atomic E-state index is -0.213. The Balaban J connectivity index is 1.61. The lowest BCUT2D eigenvalue weighted by atomic mass is 9.77. The molecular weight excluding hydrogens is 284 g/mol. The van der Waals surface area contributed by atoms with Crippen LogP contribution in [0.4, 0.5) is 10.6 Å². The standard InChI is InChI=1S/C15H24N4O3/c1-19-13(9-11(18-19)12-5-3-8-22-12)16-14(20)17-15(10-21-2)6-4-7-15/h9,12H,3-8,10H2,1-2H3,(H2,16,17,20). The molecule has 1 unspecified atom stereocenters. The number of ether oxygens (including phenoxy) is 2. The van der Waals surface area contributed by atoms with Crippen molar-refractivity contribution in [1.82, 2.24) is 15.1 Å². The predicted octanol–water partition coefficient (Wildman–Crippen LogP) is 1.96. The van der Waals surface area contributed by atoms with Gasteiger partial charge >= 0.3 is 6.03 Å². The summed E-state index contributed by atoms with van der Waals surface area (Å²) in [6.45, 7) is 1.33. The van der Waals surface area contributed by atoms with E-state index in [9.17, 15) is 4.79 Å². The van der Waals surface area contributed by atoms with Crippen LogP contribution in [0.25, 0.3) is 0 Å². The zero-order chi connectivity index (χ0) is 15.6. The van der Waals surface area contributed by atoms with Crippen molar-refractivity contribution in [3.05, 3.63) is 11.8 Å². The van der Waals surface area contributed by atoms with Gasteiger partial charge in [0, 0.05) is 26.8 Å². The number of amides is 2. The minimum Gasteiger partial charge on any atom is -0.382 e. The van der Waals surface area contributed by atoms with Gasteiger partial charge in [0.05, 0.1) is 17.8 Å². The van der Waals surface area contributed by atoms with Crippen LogP contribution in [0.1, 0.15) is 43.9 Å². The van der Waals surface area contributed by atoms with Crippen LogP contribution >= 0.6 is 0 Å². The van der Waals surface area contributed by atoms with Crippen molar-refractivity contribution in [2.75, 3.05) is 25.6 Å². The highest BCUT2D eigenvalue weighted by Gasteiger charge is 2.38. The van der Waals surface area contributed by atoms with Crippen LogP contribution < -0.4 is 10.6 Å². The smallest absolute Gasteiger partial charge is 0.320 e. The zero-order valence-corrected chi connectivity index (χ0v) is 13.2. The second-order valence-electron chi connectivity index (χ2n) is 6.23. The van der Waals surface area contributed by atoms with Gasteiger partial charge in [-0.1, -0.05) is 0 Å². The molecule has 0 spiro atoms. The number of aryl methyl sites for hydroxylation is 1. The van der Waals surface area contributed by atoms with E-state index in [-0.39, 0.29) is 17.7 Å². The Bertz CT molecular complexity index is 533. The third-order valence-electron chi connectivity index (χ3n) is 4.51. The summed E-state index contributed by atoms with van der Waals surface area (Å²) in [6.07, 6.45) is 5.14. The molecule has 1 saturated heterocycles. The van der Waals surface area contributed by atoms with Crippen molar-refractivity contribution in [2.24, 2.45) is 7.05 Å². The zero-order valence-electron chi connectivity index (χ0n) is 13.2. The molecule has 22 heavy (non-hydrogen) atoms. The number of rotatable bonds is 5. The topological polar surface area (TPSA) is 77.4 Å². The largest absolute Gasteiger partial charge is 0.382 e. The molecule has 1 aliphatic heterocycles. The lowest BCUT2D eigenvalue weighted by Gasteiger charge is -2.41. The fourth-order valence-electron chi connectivity index (χ4n) is 3.15. The van der Waals surface area contributed by atoms with E-state index in [4.69, 9.17) is 9.47 Å². The highest BCUT2D eigenvalue weighted by molar-refractivity contribution is 5.89. The summed E-state index contributed by atoms with van der Waals surface area (Å²) in [4.78, 5) is 12.2. The van der Waals surface area contributed by atoms with E-state index in [0.717, 1.165) is 44.4 Å². The molecule has 122 valence electrons. The predicted molar refractivity (Wildman–Crippen MR) is 81.7 cm³/mol. The van der Waals surface area contributed by atoms with Crippen molar-refractivity contribution in [1.29, 1.82) is 0 Å². The number of methoxy groups -OCH3 is 1.